The molecule has 4 aliphatic rings. The Kier molecular flexibility index (Phi) is 6.28. The maximum Gasteiger partial charge on any atom is 0.309 e. The lowest BCUT2D eigenvalue weighted by atomic mass is 9.80. The first-order valence-corrected chi connectivity index (χ1v) is 13.4. The standard InChI is InChI=1S/C29H32F3N3O4/c1-28(27(36)37)7-9-35(10-8-28)23-13-29(39-33-23)15-34(16-29)14-18-11-21(17-3-4-17)24(25(32)26(18)38-2)20-6-5-19(30)12-22(20)31/h5-6,11-12,17H,3-4,7-10,13-16H2,1-2H3,(H,36,37). The Labute approximate surface area is 225 Å². The molecule has 3 heterocycles. The fraction of sp³-hybridized carbons (Fsp3) is 0.517. The Balaban J connectivity index is 1.15. The van der Waals surface area contributed by atoms with Crippen LogP contribution in [0.3, 0.4) is 0 Å². The molecule has 0 amide bonds. The van der Waals surface area contributed by atoms with E-state index in [9.17, 15) is 18.7 Å². The molecule has 6 rings (SSSR count). The maximum absolute atomic E-state index is 15.9. The first-order chi connectivity index (χ1) is 18.6. The monoisotopic (exact) mass is 543 g/mol. The van der Waals surface area contributed by atoms with Gasteiger partial charge >= 0.3 is 5.97 Å². The third-order valence-electron chi connectivity index (χ3n) is 8.74. The van der Waals surface area contributed by atoms with Crippen molar-refractivity contribution < 1.29 is 32.6 Å². The zero-order valence-electron chi connectivity index (χ0n) is 22.1. The lowest BCUT2D eigenvalue weighted by molar-refractivity contribution is -0.150. The number of piperidine rings is 1. The number of halogens is 3. The number of hydrogen-bond donors (Lipinski definition) is 1. The van der Waals surface area contributed by atoms with Crippen LogP contribution < -0.4 is 4.74 Å². The second-order valence-corrected chi connectivity index (χ2v) is 11.7. The second-order valence-electron chi connectivity index (χ2n) is 11.7. The molecule has 2 aromatic carbocycles. The number of methoxy groups -OCH3 is 1. The van der Waals surface area contributed by atoms with E-state index in [1.54, 1.807) is 6.92 Å². The van der Waals surface area contributed by atoms with Crippen LogP contribution in [0.1, 0.15) is 56.1 Å². The van der Waals surface area contributed by atoms with Crippen molar-refractivity contribution in [1.82, 2.24) is 9.80 Å². The summed E-state index contributed by atoms with van der Waals surface area (Å²) in [6.45, 7) is 4.71. The minimum atomic E-state index is -0.800. The SMILES string of the molecule is COc1c(CN2CC3(CC(N4CCC(C)(C(=O)O)CC4)=NO3)C2)cc(C2CC2)c(-c2ccc(F)cc2F)c1F. The van der Waals surface area contributed by atoms with Crippen molar-refractivity contribution in [2.75, 3.05) is 33.3 Å². The number of carboxylic acids is 1. The lowest BCUT2D eigenvalue weighted by Crippen LogP contribution is -2.61. The molecule has 1 spiro atoms. The molecule has 0 atom stereocenters. The van der Waals surface area contributed by atoms with Gasteiger partial charge in [-0.25, -0.2) is 13.2 Å². The fourth-order valence-corrected chi connectivity index (χ4v) is 6.16. The average molecular weight is 544 g/mol. The van der Waals surface area contributed by atoms with Gasteiger partial charge in [0.15, 0.2) is 17.2 Å². The number of benzene rings is 2. The van der Waals surface area contributed by atoms with Gasteiger partial charge in [0.05, 0.1) is 18.9 Å². The molecule has 208 valence electrons. The van der Waals surface area contributed by atoms with E-state index in [1.165, 1.54) is 13.2 Å². The second kappa shape index (κ2) is 9.43. The van der Waals surface area contributed by atoms with E-state index in [-0.39, 0.29) is 22.8 Å². The highest BCUT2D eigenvalue weighted by Crippen LogP contribution is 2.49. The van der Waals surface area contributed by atoms with Crippen molar-refractivity contribution in [3.05, 3.63) is 52.8 Å². The van der Waals surface area contributed by atoms with Crippen LogP contribution in [0.2, 0.25) is 0 Å². The molecule has 3 fully saturated rings. The summed E-state index contributed by atoms with van der Waals surface area (Å²) in [5.41, 5.74) is 0.451. The molecule has 10 heteroatoms. The topological polar surface area (TPSA) is 74.6 Å². The summed E-state index contributed by atoms with van der Waals surface area (Å²) >= 11 is 0. The number of likely N-dealkylation sites (tertiary alicyclic amines) is 2. The normalized spacial score (nSPS) is 21.9. The number of rotatable bonds is 6. The van der Waals surface area contributed by atoms with Crippen LogP contribution in [0, 0.1) is 22.9 Å². The van der Waals surface area contributed by atoms with E-state index in [4.69, 9.17) is 9.57 Å². The molecular formula is C29H32F3N3O4. The summed E-state index contributed by atoms with van der Waals surface area (Å²) in [6.07, 6.45) is 3.56. The van der Waals surface area contributed by atoms with Gasteiger partial charge in [-0.1, -0.05) is 5.16 Å². The zero-order chi connectivity index (χ0) is 27.5. The zero-order valence-corrected chi connectivity index (χ0v) is 22.1. The number of nitrogens with zero attached hydrogens (tertiary/aromatic N) is 3. The third kappa shape index (κ3) is 4.62. The minimum absolute atomic E-state index is 0.0361. The van der Waals surface area contributed by atoms with Crippen molar-refractivity contribution in [3.8, 4) is 16.9 Å². The predicted molar refractivity (Wildman–Crippen MR) is 138 cm³/mol. The van der Waals surface area contributed by atoms with E-state index in [0.717, 1.165) is 36.4 Å². The van der Waals surface area contributed by atoms with Crippen molar-refractivity contribution in [2.45, 2.75) is 57.1 Å². The Hall–Kier alpha value is -3.27. The predicted octanol–water partition coefficient (Wildman–Crippen LogP) is 5.13. The van der Waals surface area contributed by atoms with Crippen LogP contribution in [0.4, 0.5) is 13.2 Å². The van der Waals surface area contributed by atoms with E-state index in [2.05, 4.69) is 15.0 Å². The number of amidine groups is 1. The average Bonchev–Trinajstić information content (AvgIpc) is 3.63. The molecule has 0 bridgehead atoms. The van der Waals surface area contributed by atoms with Crippen molar-refractivity contribution >= 4 is 11.8 Å². The summed E-state index contributed by atoms with van der Waals surface area (Å²) < 4.78 is 49.6. The largest absolute Gasteiger partial charge is 0.493 e. The van der Waals surface area contributed by atoms with Crippen molar-refractivity contribution in [1.29, 1.82) is 0 Å². The van der Waals surface area contributed by atoms with E-state index in [0.29, 0.717) is 57.5 Å². The maximum atomic E-state index is 15.9. The first kappa shape index (κ1) is 26.0. The number of aliphatic carboxylic acids is 1. The van der Waals surface area contributed by atoms with E-state index < -0.39 is 34.4 Å². The number of carboxylic acid groups (broad SMARTS) is 1. The molecule has 1 aliphatic carbocycles. The number of hydrogen-bond acceptors (Lipinski definition) is 6. The first-order valence-electron chi connectivity index (χ1n) is 13.4. The van der Waals surface area contributed by atoms with E-state index in [1.807, 2.05) is 6.07 Å². The third-order valence-corrected chi connectivity index (χ3v) is 8.74. The molecule has 3 aliphatic heterocycles. The van der Waals surface area contributed by atoms with Crippen LogP contribution >= 0.6 is 0 Å². The van der Waals surface area contributed by atoms with Crippen LogP contribution in [0.5, 0.6) is 5.75 Å². The van der Waals surface area contributed by atoms with Crippen molar-refractivity contribution in [3.63, 3.8) is 0 Å². The number of oxime groups is 1. The van der Waals surface area contributed by atoms with Gasteiger partial charge in [0.2, 0.25) is 0 Å². The lowest BCUT2D eigenvalue weighted by Gasteiger charge is -2.46. The Morgan fingerprint density at radius 2 is 1.90 bits per heavy atom. The molecule has 1 N–H and O–H groups in total. The molecule has 0 aromatic heterocycles. The van der Waals surface area contributed by atoms with E-state index >= 15 is 4.39 Å². The summed E-state index contributed by atoms with van der Waals surface area (Å²) in [5.74, 6) is -1.84. The van der Waals surface area contributed by atoms with Crippen molar-refractivity contribution in [2.24, 2.45) is 10.6 Å². The highest BCUT2D eigenvalue weighted by molar-refractivity contribution is 5.85. The quantitative estimate of drug-likeness (QED) is 0.545. The van der Waals surface area contributed by atoms with Gasteiger partial charge in [-0.05, 0) is 62.3 Å². The molecule has 2 saturated heterocycles. The molecule has 7 nitrogen and oxygen atoms in total. The van der Waals surface area contributed by atoms with Gasteiger partial charge < -0.3 is 19.6 Å². The smallest absolute Gasteiger partial charge is 0.309 e. The molecule has 0 radical (unpaired) electrons. The Morgan fingerprint density at radius 3 is 2.51 bits per heavy atom. The Bertz CT molecular complexity index is 1350. The fourth-order valence-electron chi connectivity index (χ4n) is 6.16. The van der Waals surface area contributed by atoms with Crippen LogP contribution in [-0.2, 0) is 16.2 Å². The summed E-state index contributed by atoms with van der Waals surface area (Å²) in [5, 5.41) is 13.8. The number of ether oxygens (including phenoxy) is 1. The molecule has 39 heavy (non-hydrogen) atoms. The van der Waals surface area contributed by atoms with Gasteiger partial charge in [0, 0.05) is 55.5 Å². The Morgan fingerprint density at radius 1 is 1.18 bits per heavy atom. The molecule has 0 unspecified atom stereocenters. The minimum Gasteiger partial charge on any atom is -0.493 e. The van der Waals surface area contributed by atoms with Gasteiger partial charge in [-0.3, -0.25) is 9.69 Å². The van der Waals surface area contributed by atoms with Crippen LogP contribution in [0.25, 0.3) is 11.1 Å². The highest BCUT2D eigenvalue weighted by atomic mass is 19.1. The molecular weight excluding hydrogens is 511 g/mol. The summed E-state index contributed by atoms with van der Waals surface area (Å²) in [7, 11) is 1.40. The summed E-state index contributed by atoms with van der Waals surface area (Å²) in [4.78, 5) is 21.7. The summed E-state index contributed by atoms with van der Waals surface area (Å²) in [6, 6.07) is 5.11. The van der Waals surface area contributed by atoms with Gasteiger partial charge in [-0.15, -0.1) is 0 Å². The number of carbonyl (C=O) groups is 1. The molecule has 1 saturated carbocycles. The van der Waals surface area contributed by atoms with Gasteiger partial charge in [-0.2, -0.15) is 0 Å². The highest BCUT2D eigenvalue weighted by Gasteiger charge is 2.51. The molecule has 2 aromatic rings. The van der Waals surface area contributed by atoms with Gasteiger partial charge in [0.25, 0.3) is 0 Å². The van der Waals surface area contributed by atoms with Crippen LogP contribution in [0.15, 0.2) is 29.4 Å². The van der Waals surface area contributed by atoms with Crippen LogP contribution in [-0.4, -0.2) is 65.6 Å². The van der Waals surface area contributed by atoms with Gasteiger partial charge in [0.1, 0.15) is 17.5 Å².